The predicted octanol–water partition coefficient (Wildman–Crippen LogP) is 9.38. The Balaban J connectivity index is 1.76. The van der Waals surface area contributed by atoms with E-state index in [4.69, 9.17) is 0 Å². The molecule has 0 aliphatic heterocycles. The Morgan fingerprint density at radius 3 is 1.29 bits per heavy atom. The Bertz CT molecular complexity index is 1420. The van der Waals surface area contributed by atoms with Crippen LogP contribution in [-0.4, -0.2) is 5.92 Å². The first-order chi connectivity index (χ1) is 18.4. The second-order valence-electron chi connectivity index (χ2n) is 12.4. The van der Waals surface area contributed by atoms with Crippen LogP contribution < -0.4 is 0 Å². The predicted molar refractivity (Wildman–Crippen MR) is 165 cm³/mol. The van der Waals surface area contributed by atoms with E-state index in [0.717, 1.165) is 0 Å². The van der Waals surface area contributed by atoms with Crippen LogP contribution in [0.15, 0.2) is 120 Å². The van der Waals surface area contributed by atoms with Crippen molar-refractivity contribution in [1.29, 1.82) is 0 Å². The van der Waals surface area contributed by atoms with Gasteiger partial charge in [-0.05, 0) is 0 Å². The molecule has 6 rings (SSSR count). The first kappa shape index (κ1) is 25.7. The first-order valence-corrected chi connectivity index (χ1v) is 27.7. The van der Waals surface area contributed by atoms with E-state index in [2.05, 4.69) is 148 Å². The Kier molecular flexibility index (Phi) is 6.69. The van der Waals surface area contributed by atoms with Gasteiger partial charge in [-0.15, -0.1) is 0 Å². The van der Waals surface area contributed by atoms with Gasteiger partial charge in [0.1, 0.15) is 0 Å². The average Bonchev–Trinajstić information content (AvgIpc) is 3.45. The van der Waals surface area contributed by atoms with Crippen LogP contribution >= 0.6 is 0 Å². The number of hydrogen-bond donors (Lipinski definition) is 0. The van der Waals surface area contributed by atoms with E-state index < -0.39 is 23.9 Å². The molecule has 2 aliphatic rings. The summed E-state index contributed by atoms with van der Waals surface area (Å²) in [7, 11) is 0. The third-order valence-electron chi connectivity index (χ3n) is 10.2. The maximum atomic E-state index is 2.74. The summed E-state index contributed by atoms with van der Waals surface area (Å²) in [5, 5.41) is 0. The molecule has 0 nitrogen and oxygen atoms in total. The molecule has 4 aromatic rings. The summed E-state index contributed by atoms with van der Waals surface area (Å²) in [6.45, 7) is 10.4. The zero-order valence-electron chi connectivity index (χ0n) is 23.2. The zero-order valence-corrected chi connectivity index (χ0v) is 26.8. The SMILES string of the molecule is CC1=Cc2ccccc2[CH]1[Zr]([CH2]c1ccccc1)([CH2]c1ccccc1)([CH]1C(C)=Cc2ccccc21)[SiH](C)C. The van der Waals surface area contributed by atoms with Gasteiger partial charge in [-0.3, -0.25) is 0 Å². The quantitative estimate of drug-likeness (QED) is 0.188. The average molecular weight is 591 g/mol. The monoisotopic (exact) mass is 589 g/mol. The zero-order chi connectivity index (χ0) is 26.4. The van der Waals surface area contributed by atoms with Gasteiger partial charge in [0, 0.05) is 0 Å². The van der Waals surface area contributed by atoms with Gasteiger partial charge in [0.25, 0.3) is 0 Å². The van der Waals surface area contributed by atoms with Gasteiger partial charge >= 0.3 is 232 Å². The molecule has 0 amide bonds. The van der Waals surface area contributed by atoms with Gasteiger partial charge in [-0.25, -0.2) is 0 Å². The van der Waals surface area contributed by atoms with Crippen molar-refractivity contribution in [1.82, 2.24) is 0 Å². The number of rotatable bonds is 7. The van der Waals surface area contributed by atoms with Crippen molar-refractivity contribution in [3.8, 4) is 0 Å². The van der Waals surface area contributed by atoms with E-state index in [9.17, 15) is 0 Å². The Labute approximate surface area is 230 Å². The molecule has 38 heavy (non-hydrogen) atoms. The van der Waals surface area contributed by atoms with Crippen molar-refractivity contribution in [3.63, 3.8) is 0 Å². The summed E-state index contributed by atoms with van der Waals surface area (Å²) in [5.74, 6) is -1.27. The fourth-order valence-electron chi connectivity index (χ4n) is 8.83. The second kappa shape index (κ2) is 9.89. The summed E-state index contributed by atoms with van der Waals surface area (Å²) in [5.41, 5.74) is 12.5. The number of allylic oxidation sites excluding steroid dienone is 2. The van der Waals surface area contributed by atoms with E-state index in [-0.39, 0.29) is 0 Å². The van der Waals surface area contributed by atoms with Gasteiger partial charge in [0.05, 0.1) is 0 Å². The van der Waals surface area contributed by atoms with Crippen LogP contribution in [0.1, 0.15) is 54.5 Å². The van der Waals surface area contributed by atoms with Crippen LogP contribution in [-0.2, 0) is 26.2 Å². The maximum absolute atomic E-state index is 4.07. The molecule has 0 radical (unpaired) electrons. The van der Waals surface area contributed by atoms with Crippen molar-refractivity contribution < 1.29 is 17.9 Å². The molecule has 2 heteroatoms. The van der Waals surface area contributed by atoms with Gasteiger partial charge in [-0.1, -0.05) is 0 Å². The molecule has 191 valence electrons. The summed E-state index contributed by atoms with van der Waals surface area (Å²) in [4.78, 5) is 0. The molecule has 0 heterocycles. The van der Waals surface area contributed by atoms with Crippen LogP contribution in [0.25, 0.3) is 12.2 Å². The summed E-state index contributed by atoms with van der Waals surface area (Å²) >= 11 is -4.07. The summed E-state index contributed by atoms with van der Waals surface area (Å²) in [6, 6.07) is 41.9. The van der Waals surface area contributed by atoms with Crippen molar-refractivity contribution in [2.24, 2.45) is 0 Å². The van der Waals surface area contributed by atoms with Crippen molar-refractivity contribution in [3.05, 3.63) is 154 Å². The standard InChI is InChI=1S/2C10H9.2C7H7.C2H7Si.Zr/c2*1-8-6-9-4-2-3-5-10(9)7-8;2*1-7-5-3-2-4-6-7;1-3-2;/h2*2-7H,1H3;2*2-6H,1H2;3H,1-2H3;. The third kappa shape index (κ3) is 3.87. The Morgan fingerprint density at radius 2 is 0.895 bits per heavy atom. The number of fused-ring (bicyclic) bond motifs is 2. The van der Waals surface area contributed by atoms with E-state index in [1.54, 1.807) is 33.4 Å². The fourth-order valence-corrected chi connectivity index (χ4v) is 55.4. The Hall–Kier alpha value is -2.54. The van der Waals surface area contributed by atoms with E-state index in [1.165, 1.54) is 19.4 Å². The third-order valence-corrected chi connectivity index (χ3v) is 58.7. The molecule has 4 aromatic carbocycles. The number of hydrogen-bond acceptors (Lipinski definition) is 0. The minimum absolute atomic E-state index is 0.555. The Morgan fingerprint density at radius 1 is 0.526 bits per heavy atom. The molecule has 2 aliphatic carbocycles. The molecule has 2 unspecified atom stereocenters. The van der Waals surface area contributed by atoms with Crippen LogP contribution in [0, 0.1) is 0 Å². The van der Waals surface area contributed by atoms with Gasteiger partial charge in [-0.2, -0.15) is 0 Å². The van der Waals surface area contributed by atoms with Gasteiger partial charge < -0.3 is 0 Å². The van der Waals surface area contributed by atoms with Crippen LogP contribution in [0.5, 0.6) is 0 Å². The molecular formula is C36H39SiZr. The molecule has 0 fully saturated rings. The second-order valence-corrected chi connectivity index (χ2v) is 46.2. The van der Waals surface area contributed by atoms with Gasteiger partial charge in [0.15, 0.2) is 0 Å². The van der Waals surface area contributed by atoms with Gasteiger partial charge in [0.2, 0.25) is 0 Å². The molecule has 0 saturated carbocycles. The normalized spacial score (nSPS) is 19.3. The molecule has 0 aromatic heterocycles. The van der Waals surface area contributed by atoms with Crippen LogP contribution in [0.2, 0.25) is 13.1 Å². The van der Waals surface area contributed by atoms with E-state index in [1.807, 2.05) is 0 Å². The van der Waals surface area contributed by atoms with Crippen molar-refractivity contribution in [2.45, 2.75) is 42.5 Å². The molecule has 2 atom stereocenters. The summed E-state index contributed by atoms with van der Waals surface area (Å²) in [6.07, 6.45) is 5.08. The first-order valence-electron chi connectivity index (χ1n) is 14.2. The molecule has 0 spiro atoms. The number of benzene rings is 4. The minimum atomic E-state index is -4.07. The molecule has 0 N–H and O–H groups in total. The molecule has 0 bridgehead atoms. The molecule has 0 saturated heterocycles. The van der Waals surface area contributed by atoms with Crippen molar-refractivity contribution in [2.75, 3.05) is 0 Å². The molecular weight excluding hydrogens is 552 g/mol. The van der Waals surface area contributed by atoms with E-state index >= 15 is 0 Å². The van der Waals surface area contributed by atoms with Crippen LogP contribution in [0.3, 0.4) is 0 Å². The van der Waals surface area contributed by atoms with E-state index in [0.29, 0.717) is 7.25 Å². The van der Waals surface area contributed by atoms with Crippen molar-refractivity contribution >= 4 is 18.1 Å². The topological polar surface area (TPSA) is 0 Å². The summed E-state index contributed by atoms with van der Waals surface area (Å²) < 4.78 is 3.66. The van der Waals surface area contributed by atoms with Crippen LogP contribution in [0.4, 0.5) is 0 Å². The fraction of sp³-hybridized carbons (Fsp3) is 0.222.